The predicted molar refractivity (Wildman–Crippen MR) is 95.5 cm³/mol. The number of amides is 2. The minimum atomic E-state index is -0.881. The Labute approximate surface area is 157 Å². The molecular formula is C19H25FN2O5. The molecule has 2 rings (SSSR count). The summed E-state index contributed by atoms with van der Waals surface area (Å²) in [6, 6.07) is 5.39. The first-order valence-corrected chi connectivity index (χ1v) is 8.94. The Morgan fingerprint density at radius 2 is 1.85 bits per heavy atom. The van der Waals surface area contributed by atoms with Gasteiger partial charge in [0, 0.05) is 32.3 Å². The topological polar surface area (TPSA) is 84.9 Å². The highest BCUT2D eigenvalue weighted by molar-refractivity contribution is 5.94. The molecule has 0 unspecified atom stereocenters. The Bertz CT molecular complexity index is 657. The Morgan fingerprint density at radius 3 is 2.44 bits per heavy atom. The maximum absolute atomic E-state index is 13.0. The summed E-state index contributed by atoms with van der Waals surface area (Å²) in [7, 11) is 1.53. The average molecular weight is 380 g/mol. The number of hydrogen-bond donors (Lipinski definition) is 1. The Kier molecular flexibility index (Phi) is 7.72. The average Bonchev–Trinajstić information content (AvgIpc) is 2.68. The van der Waals surface area contributed by atoms with Gasteiger partial charge in [-0.25, -0.2) is 4.39 Å². The molecule has 1 atom stereocenters. The van der Waals surface area contributed by atoms with Crippen LogP contribution < -0.4 is 5.32 Å². The van der Waals surface area contributed by atoms with Crippen molar-refractivity contribution in [2.75, 3.05) is 33.4 Å². The van der Waals surface area contributed by atoms with Crippen molar-refractivity contribution < 1.29 is 28.2 Å². The summed E-state index contributed by atoms with van der Waals surface area (Å²) in [4.78, 5) is 38.1. The molecule has 2 amide bonds. The van der Waals surface area contributed by atoms with Crippen LogP contribution >= 0.6 is 0 Å². The molecule has 148 valence electrons. The molecule has 1 aliphatic rings. The van der Waals surface area contributed by atoms with Gasteiger partial charge >= 0.3 is 5.97 Å². The molecule has 1 aromatic rings. The largest absolute Gasteiger partial charge is 0.452 e. The van der Waals surface area contributed by atoms with Crippen LogP contribution in [0.25, 0.3) is 0 Å². The molecule has 1 fully saturated rings. The molecule has 0 aromatic heterocycles. The smallest absolute Gasteiger partial charge is 0.309 e. The van der Waals surface area contributed by atoms with Gasteiger partial charge in [0.1, 0.15) is 5.82 Å². The van der Waals surface area contributed by atoms with Gasteiger partial charge in [0.25, 0.3) is 11.8 Å². The van der Waals surface area contributed by atoms with Crippen molar-refractivity contribution in [1.29, 1.82) is 0 Å². The third-order valence-electron chi connectivity index (χ3n) is 4.47. The number of methoxy groups -OCH3 is 1. The fourth-order valence-electron chi connectivity index (χ4n) is 2.84. The van der Waals surface area contributed by atoms with E-state index in [-0.39, 0.29) is 17.7 Å². The van der Waals surface area contributed by atoms with Crippen molar-refractivity contribution >= 4 is 17.8 Å². The van der Waals surface area contributed by atoms with Gasteiger partial charge in [0.05, 0.1) is 12.5 Å². The molecule has 7 nitrogen and oxygen atoms in total. The normalized spacial score (nSPS) is 15.9. The van der Waals surface area contributed by atoms with Crippen LogP contribution in [-0.2, 0) is 19.1 Å². The highest BCUT2D eigenvalue weighted by atomic mass is 19.1. The molecule has 1 heterocycles. The summed E-state index contributed by atoms with van der Waals surface area (Å²) in [5.74, 6) is -1.74. The Balaban J connectivity index is 1.79. The van der Waals surface area contributed by atoms with E-state index < -0.39 is 17.9 Å². The number of rotatable bonds is 7. The van der Waals surface area contributed by atoms with E-state index in [1.165, 1.54) is 38.3 Å². The number of likely N-dealkylation sites (tertiary alicyclic amines) is 1. The van der Waals surface area contributed by atoms with E-state index in [0.29, 0.717) is 44.6 Å². The fourth-order valence-corrected chi connectivity index (χ4v) is 2.84. The van der Waals surface area contributed by atoms with Gasteiger partial charge in [-0.2, -0.15) is 0 Å². The maximum atomic E-state index is 13.0. The van der Waals surface area contributed by atoms with Crippen LogP contribution in [0.3, 0.4) is 0 Å². The first-order chi connectivity index (χ1) is 12.9. The number of esters is 1. The monoisotopic (exact) mass is 380 g/mol. The second kappa shape index (κ2) is 10.0. The van der Waals surface area contributed by atoms with E-state index >= 15 is 0 Å². The predicted octanol–water partition coefficient (Wildman–Crippen LogP) is 1.37. The number of piperidine rings is 1. The van der Waals surface area contributed by atoms with Gasteiger partial charge < -0.3 is 19.7 Å². The second-order valence-electron chi connectivity index (χ2n) is 6.44. The third-order valence-corrected chi connectivity index (χ3v) is 4.47. The number of carbonyl (C=O) groups excluding carboxylic acids is 3. The highest BCUT2D eigenvalue weighted by Gasteiger charge is 2.30. The summed E-state index contributed by atoms with van der Waals surface area (Å²) >= 11 is 0. The van der Waals surface area contributed by atoms with Crippen LogP contribution in [0.4, 0.5) is 4.39 Å². The fraction of sp³-hybridized carbons (Fsp3) is 0.526. The molecular weight excluding hydrogens is 355 g/mol. The van der Waals surface area contributed by atoms with E-state index in [4.69, 9.17) is 9.47 Å². The summed E-state index contributed by atoms with van der Waals surface area (Å²) in [5.41, 5.74) is 0.416. The number of halogens is 1. The number of benzene rings is 1. The van der Waals surface area contributed by atoms with Crippen molar-refractivity contribution in [2.45, 2.75) is 25.9 Å². The zero-order valence-corrected chi connectivity index (χ0v) is 15.6. The van der Waals surface area contributed by atoms with Gasteiger partial charge in [0.2, 0.25) is 0 Å². The quantitative estimate of drug-likeness (QED) is 0.571. The lowest BCUT2D eigenvalue weighted by Crippen LogP contribution is -2.42. The molecule has 0 spiro atoms. The van der Waals surface area contributed by atoms with Gasteiger partial charge in [0.15, 0.2) is 6.10 Å². The third kappa shape index (κ3) is 6.02. The molecule has 1 aromatic carbocycles. The van der Waals surface area contributed by atoms with E-state index in [2.05, 4.69) is 5.32 Å². The van der Waals surface area contributed by atoms with Crippen LogP contribution in [0.2, 0.25) is 0 Å². The molecule has 0 saturated carbocycles. The SMILES string of the molecule is COCCNC(=O)[C@H](C)OC(=O)C1CCN(C(=O)c2ccc(F)cc2)CC1. The van der Waals surface area contributed by atoms with Crippen LogP contribution in [-0.4, -0.2) is 62.1 Å². The zero-order chi connectivity index (χ0) is 19.8. The van der Waals surface area contributed by atoms with Crippen LogP contribution in [0, 0.1) is 11.7 Å². The van der Waals surface area contributed by atoms with Gasteiger partial charge in [-0.3, -0.25) is 14.4 Å². The highest BCUT2D eigenvalue weighted by Crippen LogP contribution is 2.21. The van der Waals surface area contributed by atoms with Gasteiger partial charge in [-0.1, -0.05) is 0 Å². The molecule has 0 radical (unpaired) electrons. The first-order valence-electron chi connectivity index (χ1n) is 8.94. The van der Waals surface area contributed by atoms with Crippen LogP contribution in [0.15, 0.2) is 24.3 Å². The van der Waals surface area contributed by atoms with E-state index in [9.17, 15) is 18.8 Å². The number of nitrogens with one attached hydrogen (secondary N) is 1. The molecule has 1 aliphatic heterocycles. The van der Waals surface area contributed by atoms with Crippen LogP contribution in [0.5, 0.6) is 0 Å². The van der Waals surface area contributed by atoms with E-state index in [1.54, 1.807) is 4.90 Å². The van der Waals surface area contributed by atoms with Crippen molar-refractivity contribution in [1.82, 2.24) is 10.2 Å². The number of nitrogens with zero attached hydrogens (tertiary/aromatic N) is 1. The second-order valence-corrected chi connectivity index (χ2v) is 6.44. The van der Waals surface area contributed by atoms with E-state index in [0.717, 1.165) is 0 Å². The summed E-state index contributed by atoms with van der Waals surface area (Å²) in [5, 5.41) is 2.62. The summed E-state index contributed by atoms with van der Waals surface area (Å²) in [6.07, 6.45) is 0.0429. The maximum Gasteiger partial charge on any atom is 0.309 e. The molecule has 27 heavy (non-hydrogen) atoms. The summed E-state index contributed by atoms with van der Waals surface area (Å²) in [6.45, 7) is 3.07. The first kappa shape index (κ1) is 20.8. The van der Waals surface area contributed by atoms with Crippen molar-refractivity contribution in [3.05, 3.63) is 35.6 Å². The molecule has 1 N–H and O–H groups in total. The number of hydrogen-bond acceptors (Lipinski definition) is 5. The standard InChI is InChI=1S/C19H25FN2O5/c1-13(17(23)21-9-12-26-2)27-19(25)15-7-10-22(11-8-15)18(24)14-3-5-16(20)6-4-14/h3-6,13,15H,7-12H2,1-2H3,(H,21,23)/t13-/m0/s1. The van der Waals surface area contributed by atoms with Crippen molar-refractivity contribution in [3.8, 4) is 0 Å². The minimum Gasteiger partial charge on any atom is -0.452 e. The van der Waals surface area contributed by atoms with E-state index in [1.807, 2.05) is 0 Å². The van der Waals surface area contributed by atoms with Gasteiger partial charge in [-0.15, -0.1) is 0 Å². The lowest BCUT2D eigenvalue weighted by Gasteiger charge is -2.31. The molecule has 8 heteroatoms. The summed E-state index contributed by atoms with van der Waals surface area (Å²) < 4.78 is 23.1. The van der Waals surface area contributed by atoms with Crippen molar-refractivity contribution in [3.63, 3.8) is 0 Å². The number of ether oxygens (including phenoxy) is 2. The minimum absolute atomic E-state index is 0.187. The Hall–Kier alpha value is -2.48. The lowest BCUT2D eigenvalue weighted by molar-refractivity contribution is -0.160. The lowest BCUT2D eigenvalue weighted by atomic mass is 9.96. The van der Waals surface area contributed by atoms with Crippen LogP contribution in [0.1, 0.15) is 30.1 Å². The zero-order valence-electron chi connectivity index (χ0n) is 15.6. The molecule has 0 aliphatic carbocycles. The molecule has 1 saturated heterocycles. The Morgan fingerprint density at radius 1 is 1.22 bits per heavy atom. The van der Waals surface area contributed by atoms with Gasteiger partial charge in [-0.05, 0) is 44.0 Å². The van der Waals surface area contributed by atoms with Crippen molar-refractivity contribution in [2.24, 2.45) is 5.92 Å². The number of carbonyl (C=O) groups is 3. The molecule has 0 bridgehead atoms.